The van der Waals surface area contributed by atoms with Gasteiger partial charge >= 0.3 is 0 Å². The highest BCUT2D eigenvalue weighted by Gasteiger charge is 2.09. The van der Waals surface area contributed by atoms with Gasteiger partial charge in [-0.25, -0.2) is 0 Å². The third kappa shape index (κ3) is 5.69. The molecule has 5 nitrogen and oxygen atoms in total. The van der Waals surface area contributed by atoms with Crippen molar-refractivity contribution in [3.63, 3.8) is 0 Å². The van der Waals surface area contributed by atoms with Crippen molar-refractivity contribution in [1.82, 2.24) is 10.9 Å². The molecule has 0 heterocycles. The van der Waals surface area contributed by atoms with Gasteiger partial charge in [0.05, 0.1) is 0 Å². The lowest BCUT2D eigenvalue weighted by atomic mass is 10.1. The summed E-state index contributed by atoms with van der Waals surface area (Å²) in [7, 11) is 0. The van der Waals surface area contributed by atoms with Gasteiger partial charge < -0.3 is 5.32 Å². The van der Waals surface area contributed by atoms with E-state index in [0.29, 0.717) is 5.56 Å². The first-order valence-corrected chi connectivity index (χ1v) is 8.38. The van der Waals surface area contributed by atoms with Crippen molar-refractivity contribution in [3.05, 3.63) is 65.2 Å². The largest absolute Gasteiger partial charge is 0.331 e. The van der Waals surface area contributed by atoms with Gasteiger partial charge in [0.15, 0.2) is 10.9 Å². The summed E-state index contributed by atoms with van der Waals surface area (Å²) in [5.41, 5.74) is 8.88. The lowest BCUT2D eigenvalue weighted by Gasteiger charge is -2.14. The molecule has 0 bridgehead atoms. The predicted octanol–water partition coefficient (Wildman–Crippen LogP) is 3.28. The zero-order chi connectivity index (χ0) is 18.2. The second kappa shape index (κ2) is 8.94. The van der Waals surface area contributed by atoms with E-state index in [2.05, 4.69) is 16.2 Å². The number of benzene rings is 2. The van der Waals surface area contributed by atoms with Crippen LogP contribution in [0, 0.1) is 13.8 Å². The minimum atomic E-state index is -0.297. The van der Waals surface area contributed by atoms with Crippen LogP contribution in [0.15, 0.2) is 48.5 Å². The number of hydrogen-bond acceptors (Lipinski definition) is 3. The van der Waals surface area contributed by atoms with E-state index in [4.69, 9.17) is 12.2 Å². The second-order valence-electron chi connectivity index (χ2n) is 5.66. The Morgan fingerprint density at radius 3 is 2.36 bits per heavy atom. The van der Waals surface area contributed by atoms with Gasteiger partial charge in [-0.1, -0.05) is 42.5 Å². The fraction of sp³-hybridized carbons (Fsp3) is 0.211. The van der Waals surface area contributed by atoms with Crippen LogP contribution in [0.5, 0.6) is 0 Å². The lowest BCUT2D eigenvalue weighted by Crippen LogP contribution is -2.43. The van der Waals surface area contributed by atoms with Crippen molar-refractivity contribution >= 4 is 34.7 Å². The van der Waals surface area contributed by atoms with E-state index in [1.807, 2.05) is 38.1 Å². The van der Waals surface area contributed by atoms with Crippen LogP contribution < -0.4 is 16.2 Å². The Balaban J connectivity index is 1.75. The number of carbonyl (C=O) groups excluding carboxylic acids is 2. The summed E-state index contributed by atoms with van der Waals surface area (Å²) in [4.78, 5) is 23.8. The van der Waals surface area contributed by atoms with Crippen molar-refractivity contribution in [2.75, 3.05) is 5.32 Å². The van der Waals surface area contributed by atoms with Gasteiger partial charge in [-0.15, -0.1) is 0 Å². The lowest BCUT2D eigenvalue weighted by molar-refractivity contribution is -0.121. The standard InChI is InChI=1S/C19H21N3O2S/c1-13-7-6-10-16(14(13)2)20-19(25)22-21-18(24)12-11-17(23)15-8-4-3-5-9-15/h3-10H,11-12H2,1-2H3,(H,21,24)(H2,20,22,25). The van der Waals surface area contributed by atoms with Gasteiger partial charge in [-0.3, -0.25) is 20.4 Å². The van der Waals surface area contributed by atoms with Gasteiger partial charge in [-0.05, 0) is 43.3 Å². The number of nitrogens with one attached hydrogen (secondary N) is 3. The molecular weight excluding hydrogens is 334 g/mol. The molecule has 0 aliphatic rings. The van der Waals surface area contributed by atoms with E-state index in [9.17, 15) is 9.59 Å². The zero-order valence-electron chi connectivity index (χ0n) is 14.3. The monoisotopic (exact) mass is 355 g/mol. The summed E-state index contributed by atoms with van der Waals surface area (Å²) in [5.74, 6) is -0.360. The number of thiocarbonyl (C=S) groups is 1. The molecule has 0 saturated heterocycles. The molecule has 0 atom stereocenters. The van der Waals surface area contributed by atoms with Gasteiger partial charge in [-0.2, -0.15) is 0 Å². The van der Waals surface area contributed by atoms with E-state index in [1.54, 1.807) is 24.3 Å². The summed E-state index contributed by atoms with van der Waals surface area (Å²) in [6.45, 7) is 4.01. The molecule has 0 radical (unpaired) electrons. The number of hydrazine groups is 1. The maximum Gasteiger partial charge on any atom is 0.238 e. The number of carbonyl (C=O) groups is 2. The molecule has 25 heavy (non-hydrogen) atoms. The first kappa shape index (κ1) is 18.6. The molecule has 6 heteroatoms. The number of rotatable bonds is 5. The van der Waals surface area contributed by atoms with Crippen molar-refractivity contribution < 1.29 is 9.59 Å². The average molecular weight is 355 g/mol. The van der Waals surface area contributed by atoms with E-state index < -0.39 is 0 Å². The fourth-order valence-electron chi connectivity index (χ4n) is 2.22. The van der Waals surface area contributed by atoms with E-state index in [0.717, 1.165) is 16.8 Å². The summed E-state index contributed by atoms with van der Waals surface area (Å²) >= 11 is 5.17. The van der Waals surface area contributed by atoms with Crippen LogP contribution in [0.2, 0.25) is 0 Å². The summed E-state index contributed by atoms with van der Waals surface area (Å²) < 4.78 is 0. The van der Waals surface area contributed by atoms with Crippen LogP contribution in [0.3, 0.4) is 0 Å². The highest BCUT2D eigenvalue weighted by molar-refractivity contribution is 7.80. The van der Waals surface area contributed by atoms with Crippen LogP contribution >= 0.6 is 12.2 Å². The molecule has 0 unspecified atom stereocenters. The van der Waals surface area contributed by atoms with Crippen LogP contribution in [-0.4, -0.2) is 16.8 Å². The molecule has 2 rings (SSSR count). The molecule has 130 valence electrons. The van der Waals surface area contributed by atoms with Crippen molar-refractivity contribution in [1.29, 1.82) is 0 Å². The third-order valence-electron chi connectivity index (χ3n) is 3.84. The minimum absolute atomic E-state index is 0.0631. The van der Waals surface area contributed by atoms with Gasteiger partial charge in [0, 0.05) is 24.1 Å². The summed E-state index contributed by atoms with van der Waals surface area (Å²) in [6.07, 6.45) is 0.238. The average Bonchev–Trinajstić information content (AvgIpc) is 2.62. The van der Waals surface area contributed by atoms with Crippen LogP contribution in [0.1, 0.15) is 34.3 Å². The Bertz CT molecular complexity index is 775. The molecule has 0 aliphatic carbocycles. The number of amides is 1. The molecule has 0 fully saturated rings. The number of Topliss-reactive ketones (excluding diaryl/α,β-unsaturated/α-hetero) is 1. The van der Waals surface area contributed by atoms with E-state index in [-0.39, 0.29) is 29.6 Å². The zero-order valence-corrected chi connectivity index (χ0v) is 15.1. The minimum Gasteiger partial charge on any atom is -0.331 e. The van der Waals surface area contributed by atoms with Crippen molar-refractivity contribution in [2.45, 2.75) is 26.7 Å². The maximum atomic E-state index is 12.0. The molecular formula is C19H21N3O2S. The van der Waals surface area contributed by atoms with Crippen molar-refractivity contribution in [3.8, 4) is 0 Å². The Morgan fingerprint density at radius 2 is 1.64 bits per heavy atom. The first-order chi connectivity index (χ1) is 12.0. The van der Waals surface area contributed by atoms with Gasteiger partial charge in [0.2, 0.25) is 5.91 Å². The molecule has 2 aromatic carbocycles. The van der Waals surface area contributed by atoms with Gasteiger partial charge in [0.1, 0.15) is 0 Å². The van der Waals surface area contributed by atoms with Crippen molar-refractivity contribution in [2.24, 2.45) is 0 Å². The molecule has 0 saturated carbocycles. The third-order valence-corrected chi connectivity index (χ3v) is 4.05. The Kier molecular flexibility index (Phi) is 6.65. The molecule has 2 aromatic rings. The second-order valence-corrected chi connectivity index (χ2v) is 6.07. The normalized spacial score (nSPS) is 10.0. The Hall–Kier alpha value is -2.73. The number of hydrogen-bond donors (Lipinski definition) is 3. The molecule has 0 aromatic heterocycles. The van der Waals surface area contributed by atoms with Crippen LogP contribution in [0.4, 0.5) is 5.69 Å². The van der Waals surface area contributed by atoms with E-state index >= 15 is 0 Å². The number of aryl methyl sites for hydroxylation is 1. The van der Waals surface area contributed by atoms with Crippen LogP contribution in [0.25, 0.3) is 0 Å². The Labute approximate surface area is 152 Å². The molecule has 0 spiro atoms. The van der Waals surface area contributed by atoms with Gasteiger partial charge in [0.25, 0.3) is 0 Å². The summed E-state index contributed by atoms with van der Waals surface area (Å²) in [6, 6.07) is 14.8. The smallest absolute Gasteiger partial charge is 0.238 e. The topological polar surface area (TPSA) is 70.2 Å². The molecule has 3 N–H and O–H groups in total. The van der Waals surface area contributed by atoms with Crippen LogP contribution in [-0.2, 0) is 4.79 Å². The summed E-state index contributed by atoms with van der Waals surface area (Å²) in [5, 5.41) is 3.32. The highest BCUT2D eigenvalue weighted by Crippen LogP contribution is 2.17. The fourth-order valence-corrected chi connectivity index (χ4v) is 2.39. The van der Waals surface area contributed by atoms with E-state index in [1.165, 1.54) is 0 Å². The molecule has 1 amide bonds. The SMILES string of the molecule is Cc1cccc(NC(=S)NNC(=O)CCC(=O)c2ccccc2)c1C. The number of ketones is 1. The Morgan fingerprint density at radius 1 is 0.920 bits per heavy atom. The highest BCUT2D eigenvalue weighted by atomic mass is 32.1. The first-order valence-electron chi connectivity index (χ1n) is 7.97. The quantitative estimate of drug-likeness (QED) is 0.436. The number of anilines is 1. The maximum absolute atomic E-state index is 12.0. The predicted molar refractivity (Wildman–Crippen MR) is 103 cm³/mol. The molecule has 0 aliphatic heterocycles.